The summed E-state index contributed by atoms with van der Waals surface area (Å²) >= 11 is 0. The predicted molar refractivity (Wildman–Crippen MR) is 95.1 cm³/mol. The first-order chi connectivity index (χ1) is 11.2. The predicted octanol–water partition coefficient (Wildman–Crippen LogP) is 4.22. The topological polar surface area (TPSA) is 50.4 Å². The van der Waals surface area contributed by atoms with Gasteiger partial charge in [-0.05, 0) is 55.3 Å². The van der Waals surface area contributed by atoms with E-state index in [1.807, 2.05) is 55.5 Å². The molecule has 2 aromatic carbocycles. The van der Waals surface area contributed by atoms with Gasteiger partial charge in [0.2, 0.25) is 5.91 Å². The molecule has 0 aromatic heterocycles. The van der Waals surface area contributed by atoms with Crippen LogP contribution in [0.1, 0.15) is 25.3 Å². The second-order valence-corrected chi connectivity index (χ2v) is 5.50. The first-order valence-corrected chi connectivity index (χ1v) is 8.00. The van der Waals surface area contributed by atoms with Gasteiger partial charge >= 0.3 is 0 Å². The Balaban J connectivity index is 1.77. The second-order valence-electron chi connectivity index (χ2n) is 5.50. The van der Waals surface area contributed by atoms with Crippen LogP contribution in [0, 0.1) is 6.92 Å². The second kappa shape index (κ2) is 8.83. The van der Waals surface area contributed by atoms with Crippen LogP contribution < -0.4 is 15.4 Å². The van der Waals surface area contributed by atoms with Crippen LogP contribution in [0.4, 0.5) is 11.4 Å². The number of ether oxygens (including phenoxy) is 1. The molecule has 0 aliphatic heterocycles. The monoisotopic (exact) mass is 312 g/mol. The Morgan fingerprint density at radius 1 is 1.09 bits per heavy atom. The molecule has 0 fully saturated rings. The molecule has 0 aliphatic rings. The van der Waals surface area contributed by atoms with Crippen LogP contribution in [0.3, 0.4) is 0 Å². The zero-order valence-corrected chi connectivity index (χ0v) is 13.8. The van der Waals surface area contributed by atoms with Crippen LogP contribution in [0.2, 0.25) is 0 Å². The molecule has 4 nitrogen and oxygen atoms in total. The van der Waals surface area contributed by atoms with Crippen molar-refractivity contribution in [3.63, 3.8) is 0 Å². The highest BCUT2D eigenvalue weighted by molar-refractivity contribution is 5.93. The Hall–Kier alpha value is -2.49. The molecule has 2 N–H and O–H groups in total. The minimum absolute atomic E-state index is 0.0705. The van der Waals surface area contributed by atoms with Crippen LogP contribution in [0.5, 0.6) is 5.75 Å². The van der Waals surface area contributed by atoms with Crippen molar-refractivity contribution in [1.82, 2.24) is 0 Å². The molecular weight excluding hydrogens is 288 g/mol. The summed E-state index contributed by atoms with van der Waals surface area (Å²) in [4.78, 5) is 11.9. The lowest BCUT2D eigenvalue weighted by Crippen LogP contribution is -2.21. The van der Waals surface area contributed by atoms with E-state index >= 15 is 0 Å². The third kappa shape index (κ3) is 6.02. The van der Waals surface area contributed by atoms with E-state index in [0.29, 0.717) is 0 Å². The van der Waals surface area contributed by atoms with Gasteiger partial charge in [0, 0.05) is 11.4 Å². The third-order valence-electron chi connectivity index (χ3n) is 3.38. The summed E-state index contributed by atoms with van der Waals surface area (Å²) in [6.07, 6.45) is 2.18. The average molecular weight is 312 g/mol. The SMILES string of the molecule is CCCCOc1ccc(NCC(=O)Nc2cccc(C)c2)cc1. The number of benzene rings is 2. The number of rotatable bonds is 8. The van der Waals surface area contributed by atoms with Gasteiger partial charge in [-0.25, -0.2) is 0 Å². The van der Waals surface area contributed by atoms with Crippen molar-refractivity contribution in [2.24, 2.45) is 0 Å². The molecular formula is C19H24N2O2. The number of carbonyl (C=O) groups is 1. The fourth-order valence-electron chi connectivity index (χ4n) is 2.11. The number of carbonyl (C=O) groups excluding carboxylic acids is 1. The zero-order chi connectivity index (χ0) is 16.5. The zero-order valence-electron chi connectivity index (χ0n) is 13.8. The maximum atomic E-state index is 11.9. The Morgan fingerprint density at radius 2 is 1.87 bits per heavy atom. The Labute approximate surface area is 137 Å². The lowest BCUT2D eigenvalue weighted by Gasteiger charge is -2.09. The van der Waals surface area contributed by atoms with Gasteiger partial charge in [0.1, 0.15) is 5.75 Å². The van der Waals surface area contributed by atoms with Gasteiger partial charge in [0.05, 0.1) is 13.2 Å². The summed E-state index contributed by atoms with van der Waals surface area (Å²) in [5.74, 6) is 0.784. The largest absolute Gasteiger partial charge is 0.494 e. The van der Waals surface area contributed by atoms with Crippen molar-refractivity contribution < 1.29 is 9.53 Å². The van der Waals surface area contributed by atoms with E-state index < -0.39 is 0 Å². The van der Waals surface area contributed by atoms with Gasteiger partial charge in [-0.2, -0.15) is 0 Å². The minimum atomic E-state index is -0.0705. The van der Waals surface area contributed by atoms with E-state index in [-0.39, 0.29) is 12.5 Å². The van der Waals surface area contributed by atoms with Gasteiger partial charge in [-0.1, -0.05) is 25.5 Å². The first kappa shape index (κ1) is 16.9. The van der Waals surface area contributed by atoms with E-state index in [2.05, 4.69) is 17.6 Å². The molecule has 0 unspecified atom stereocenters. The molecule has 0 heterocycles. The summed E-state index contributed by atoms with van der Waals surface area (Å²) in [5, 5.41) is 5.98. The van der Waals surface area contributed by atoms with Gasteiger partial charge in [0.15, 0.2) is 0 Å². The molecule has 0 aliphatic carbocycles. The van der Waals surface area contributed by atoms with Gasteiger partial charge < -0.3 is 15.4 Å². The van der Waals surface area contributed by atoms with Crippen molar-refractivity contribution in [2.45, 2.75) is 26.7 Å². The average Bonchev–Trinajstić information content (AvgIpc) is 2.54. The maximum absolute atomic E-state index is 11.9. The molecule has 0 saturated carbocycles. The van der Waals surface area contributed by atoms with Crippen LogP contribution in [0.25, 0.3) is 0 Å². The summed E-state index contributed by atoms with van der Waals surface area (Å²) < 4.78 is 5.61. The van der Waals surface area contributed by atoms with E-state index in [1.165, 1.54) is 0 Å². The molecule has 2 aromatic rings. The maximum Gasteiger partial charge on any atom is 0.243 e. The van der Waals surface area contributed by atoms with Crippen molar-refractivity contribution in [3.05, 3.63) is 54.1 Å². The van der Waals surface area contributed by atoms with Crippen molar-refractivity contribution in [2.75, 3.05) is 23.8 Å². The minimum Gasteiger partial charge on any atom is -0.494 e. The van der Waals surface area contributed by atoms with E-state index in [0.717, 1.165) is 42.1 Å². The number of hydrogen-bond acceptors (Lipinski definition) is 3. The molecule has 4 heteroatoms. The lowest BCUT2D eigenvalue weighted by atomic mass is 10.2. The summed E-state index contributed by atoms with van der Waals surface area (Å²) in [6, 6.07) is 15.4. The Bertz CT molecular complexity index is 624. The Morgan fingerprint density at radius 3 is 2.57 bits per heavy atom. The quantitative estimate of drug-likeness (QED) is 0.717. The highest BCUT2D eigenvalue weighted by atomic mass is 16.5. The van der Waals surface area contributed by atoms with E-state index in [9.17, 15) is 4.79 Å². The summed E-state index contributed by atoms with van der Waals surface area (Å²) in [7, 11) is 0. The van der Waals surface area contributed by atoms with Gasteiger partial charge in [-0.3, -0.25) is 4.79 Å². The molecule has 0 saturated heterocycles. The number of aryl methyl sites for hydroxylation is 1. The number of nitrogens with one attached hydrogen (secondary N) is 2. The molecule has 0 bridgehead atoms. The fourth-order valence-corrected chi connectivity index (χ4v) is 2.11. The van der Waals surface area contributed by atoms with Crippen LogP contribution in [0.15, 0.2) is 48.5 Å². The smallest absolute Gasteiger partial charge is 0.243 e. The normalized spacial score (nSPS) is 10.2. The van der Waals surface area contributed by atoms with Crippen molar-refractivity contribution in [1.29, 1.82) is 0 Å². The number of amides is 1. The van der Waals surface area contributed by atoms with Gasteiger partial charge in [0.25, 0.3) is 0 Å². The number of anilines is 2. The highest BCUT2D eigenvalue weighted by Crippen LogP contribution is 2.16. The number of hydrogen-bond donors (Lipinski definition) is 2. The molecule has 1 amide bonds. The van der Waals surface area contributed by atoms with Crippen LogP contribution >= 0.6 is 0 Å². The first-order valence-electron chi connectivity index (χ1n) is 8.00. The van der Waals surface area contributed by atoms with E-state index in [1.54, 1.807) is 0 Å². The highest BCUT2D eigenvalue weighted by Gasteiger charge is 2.03. The molecule has 23 heavy (non-hydrogen) atoms. The van der Waals surface area contributed by atoms with Crippen LogP contribution in [-0.4, -0.2) is 19.1 Å². The van der Waals surface area contributed by atoms with Crippen LogP contribution in [-0.2, 0) is 4.79 Å². The molecule has 0 spiro atoms. The summed E-state index contributed by atoms with van der Waals surface area (Å²) in [6.45, 7) is 5.10. The molecule has 122 valence electrons. The van der Waals surface area contributed by atoms with E-state index in [4.69, 9.17) is 4.74 Å². The third-order valence-corrected chi connectivity index (χ3v) is 3.38. The van der Waals surface area contributed by atoms with Crippen molar-refractivity contribution in [3.8, 4) is 5.75 Å². The molecule has 0 radical (unpaired) electrons. The van der Waals surface area contributed by atoms with Gasteiger partial charge in [-0.15, -0.1) is 0 Å². The number of unbranched alkanes of at least 4 members (excludes halogenated alkanes) is 1. The van der Waals surface area contributed by atoms with Crippen molar-refractivity contribution >= 4 is 17.3 Å². The standard InChI is InChI=1S/C19H24N2O2/c1-3-4-12-23-18-10-8-16(9-11-18)20-14-19(22)21-17-7-5-6-15(2)13-17/h5-11,13,20H,3-4,12,14H2,1-2H3,(H,21,22). The summed E-state index contributed by atoms with van der Waals surface area (Å²) in [5.41, 5.74) is 2.83. The molecule has 2 rings (SSSR count). The lowest BCUT2D eigenvalue weighted by molar-refractivity contribution is -0.114. The molecule has 0 atom stereocenters. The Kier molecular flexibility index (Phi) is 6.48. The fraction of sp³-hybridized carbons (Fsp3) is 0.316.